The summed E-state index contributed by atoms with van der Waals surface area (Å²) in [6, 6.07) is 16.5. The Balaban J connectivity index is 1.27. The van der Waals surface area contributed by atoms with Crippen molar-refractivity contribution in [3.63, 3.8) is 0 Å². The second kappa shape index (κ2) is 21.3. The molecule has 5 aromatic carbocycles. The zero-order valence-electron chi connectivity index (χ0n) is 31.5. The van der Waals surface area contributed by atoms with Crippen LogP contribution in [0.3, 0.4) is 0 Å². The smallest absolute Gasteiger partial charge is 0.258 e. The average Bonchev–Trinajstić information content (AvgIpc) is 3.20. The van der Waals surface area contributed by atoms with Crippen molar-refractivity contribution >= 4 is 162 Å². The summed E-state index contributed by atoms with van der Waals surface area (Å²) in [6.45, 7) is 2.20. The Morgan fingerprint density at radius 3 is 1.13 bits per heavy atom. The minimum atomic E-state index is -1.70. The number of benzene rings is 5. The number of carbonyl (C=O) groups excluding carboxylic acids is 6. The molecular weight excluding hydrogens is 972 g/mol. The quantitative estimate of drug-likeness (QED) is 0.0630. The molecule has 0 aliphatic carbocycles. The average molecular weight is 998 g/mol. The van der Waals surface area contributed by atoms with Gasteiger partial charge in [-0.1, -0.05) is 105 Å². The van der Waals surface area contributed by atoms with E-state index in [2.05, 4.69) is 41.7 Å². The molecule has 0 saturated carbocycles. The van der Waals surface area contributed by atoms with E-state index in [1.54, 1.807) is 12.1 Å². The third kappa shape index (κ3) is 12.3. The van der Waals surface area contributed by atoms with Gasteiger partial charge in [-0.2, -0.15) is 20.5 Å². The molecule has 0 aliphatic rings. The van der Waals surface area contributed by atoms with Crippen LogP contribution in [0, 0.1) is 0 Å². The van der Waals surface area contributed by atoms with Gasteiger partial charge in [-0.25, -0.2) is 0 Å². The number of hydrogen-bond acceptors (Lipinski definition) is 10. The van der Waals surface area contributed by atoms with Gasteiger partial charge in [0.05, 0.1) is 64.3 Å². The van der Waals surface area contributed by atoms with E-state index in [9.17, 15) is 28.8 Å². The fourth-order valence-corrected chi connectivity index (χ4v) is 7.03. The highest BCUT2D eigenvalue weighted by Crippen LogP contribution is 2.37. The van der Waals surface area contributed by atoms with Gasteiger partial charge >= 0.3 is 0 Å². The van der Waals surface area contributed by atoms with E-state index in [0.29, 0.717) is 0 Å². The summed E-state index contributed by atoms with van der Waals surface area (Å²) in [4.78, 5) is 77.6. The van der Waals surface area contributed by atoms with Crippen molar-refractivity contribution in [2.75, 3.05) is 21.3 Å². The number of carbonyl (C=O) groups is 6. The molecule has 0 aliphatic heterocycles. The molecule has 2 unspecified atom stereocenters. The van der Waals surface area contributed by atoms with Gasteiger partial charge in [0, 0.05) is 21.2 Å². The number of anilines is 4. The minimum absolute atomic E-state index is 0.0246. The Morgan fingerprint density at radius 1 is 0.468 bits per heavy atom. The highest BCUT2D eigenvalue weighted by Gasteiger charge is 2.27. The van der Waals surface area contributed by atoms with Crippen LogP contribution in [0.15, 0.2) is 105 Å². The van der Waals surface area contributed by atoms with Gasteiger partial charge in [-0.15, -0.1) is 0 Å². The predicted octanol–water partition coefficient (Wildman–Crippen LogP) is 12.8. The van der Waals surface area contributed by atoms with Crippen molar-refractivity contribution in [2.45, 2.75) is 25.9 Å². The maximum Gasteiger partial charge on any atom is 0.258 e. The molecule has 5 rings (SSSR count). The molecule has 62 heavy (non-hydrogen) atoms. The van der Waals surface area contributed by atoms with Crippen LogP contribution in [-0.4, -0.2) is 47.3 Å². The topological polar surface area (TPSA) is 200 Å². The number of rotatable bonds is 14. The summed E-state index contributed by atoms with van der Waals surface area (Å²) < 4.78 is 0. The number of Topliss-reactive ketones (excluding diaryl/α,β-unsaturated/α-hetero) is 2. The highest BCUT2D eigenvalue weighted by atomic mass is 35.5. The van der Waals surface area contributed by atoms with Crippen LogP contribution in [0.2, 0.25) is 40.2 Å². The largest absolute Gasteiger partial charge is 0.322 e. The second-order valence-electron chi connectivity index (χ2n) is 12.7. The van der Waals surface area contributed by atoms with Gasteiger partial charge in [-0.3, -0.25) is 28.8 Å². The molecule has 14 nitrogen and oxygen atoms in total. The van der Waals surface area contributed by atoms with Crippen molar-refractivity contribution in [3.05, 3.63) is 136 Å². The molecule has 0 saturated heterocycles. The van der Waals surface area contributed by atoms with Crippen LogP contribution in [0.1, 0.15) is 34.6 Å². The van der Waals surface area contributed by atoms with E-state index >= 15 is 0 Å². The molecule has 2 atom stereocenters. The first-order valence-corrected chi connectivity index (χ1v) is 20.4. The van der Waals surface area contributed by atoms with E-state index < -0.39 is 47.3 Å². The number of para-hydroxylation sites is 2. The van der Waals surface area contributed by atoms with Gasteiger partial charge in [0.15, 0.2) is 11.6 Å². The fourth-order valence-electron chi connectivity index (χ4n) is 5.16. The summed E-state index contributed by atoms with van der Waals surface area (Å²) in [5.41, 5.74) is 0.303. The van der Waals surface area contributed by atoms with Crippen molar-refractivity contribution in [1.82, 2.24) is 0 Å². The van der Waals surface area contributed by atoms with E-state index in [-0.39, 0.29) is 85.4 Å². The minimum Gasteiger partial charge on any atom is -0.322 e. The van der Waals surface area contributed by atoms with Gasteiger partial charge in [0.1, 0.15) is 0 Å². The van der Waals surface area contributed by atoms with Crippen LogP contribution in [0.5, 0.6) is 0 Å². The number of halogens is 8. The summed E-state index contributed by atoms with van der Waals surface area (Å²) in [7, 11) is 0. The normalized spacial score (nSPS) is 12.2. The third-order valence-corrected chi connectivity index (χ3v) is 10.7. The molecule has 0 spiro atoms. The van der Waals surface area contributed by atoms with Gasteiger partial charge in [-0.05, 0) is 86.6 Å². The van der Waals surface area contributed by atoms with Gasteiger partial charge in [0.25, 0.3) is 23.6 Å². The van der Waals surface area contributed by atoms with Gasteiger partial charge in [0.2, 0.25) is 12.1 Å². The molecule has 4 amide bonds. The lowest BCUT2D eigenvalue weighted by Gasteiger charge is -2.15. The van der Waals surface area contributed by atoms with Gasteiger partial charge < -0.3 is 21.3 Å². The first kappa shape index (κ1) is 47.9. The number of azo groups is 2. The molecule has 0 radical (unpaired) electrons. The lowest BCUT2D eigenvalue weighted by molar-refractivity contribution is -0.127. The molecule has 22 heteroatoms. The lowest BCUT2D eigenvalue weighted by Crippen LogP contribution is -2.32. The molecule has 0 fully saturated rings. The Bertz CT molecular complexity index is 2490. The summed E-state index contributed by atoms with van der Waals surface area (Å²) >= 11 is 50.0. The zero-order valence-corrected chi connectivity index (χ0v) is 37.5. The number of nitrogens with one attached hydrogen (secondary N) is 4. The Kier molecular flexibility index (Phi) is 16.4. The molecule has 0 bridgehead atoms. The van der Waals surface area contributed by atoms with Crippen molar-refractivity contribution in [3.8, 4) is 0 Å². The van der Waals surface area contributed by atoms with E-state index in [1.165, 1.54) is 72.8 Å². The summed E-state index contributed by atoms with van der Waals surface area (Å²) in [6.07, 6.45) is 0. The van der Waals surface area contributed by atoms with Crippen LogP contribution in [0.25, 0.3) is 0 Å². The van der Waals surface area contributed by atoms with Crippen molar-refractivity contribution in [1.29, 1.82) is 0 Å². The Morgan fingerprint density at radius 2 is 0.806 bits per heavy atom. The number of hydrogen-bond donors (Lipinski definition) is 4. The molecule has 5 aromatic rings. The Hall–Kier alpha value is -5.16. The van der Waals surface area contributed by atoms with E-state index in [4.69, 9.17) is 92.8 Å². The number of ketones is 2. The monoisotopic (exact) mass is 994 g/mol. The SMILES string of the molecule is CC(=O)C(N=Nc1cc(Cl)cc(C(=O)Nc2c(Cl)cccc2Cl)c1)C(=O)Nc1ccc(NC(=O)C(N=Nc2cc(Cl)cc(C(=O)Nc3c(Cl)cccc3Cl)c2)C(C)=O)c(Cl)c1Cl. The van der Waals surface area contributed by atoms with Crippen LogP contribution >= 0.6 is 92.8 Å². The Labute approximate surface area is 392 Å². The summed E-state index contributed by atoms with van der Waals surface area (Å²) in [5, 5.41) is 26.2. The third-order valence-electron chi connectivity index (χ3n) is 8.13. The lowest BCUT2D eigenvalue weighted by atomic mass is 10.1. The first-order chi connectivity index (χ1) is 29.3. The fraction of sp³-hybridized carbons (Fsp3) is 0.100. The molecule has 318 valence electrons. The first-order valence-electron chi connectivity index (χ1n) is 17.4. The molecular formula is C40H26Cl8N8O6. The predicted molar refractivity (Wildman–Crippen MR) is 243 cm³/mol. The second-order valence-corrected chi connectivity index (χ2v) is 16.0. The maximum atomic E-state index is 13.3. The van der Waals surface area contributed by atoms with Crippen LogP contribution < -0.4 is 21.3 Å². The molecule has 4 N–H and O–H groups in total. The van der Waals surface area contributed by atoms with E-state index in [1.807, 2.05) is 0 Å². The summed E-state index contributed by atoms with van der Waals surface area (Å²) in [5.74, 6) is -4.62. The highest BCUT2D eigenvalue weighted by molar-refractivity contribution is 6.46. The molecule has 0 aromatic heterocycles. The zero-order chi connectivity index (χ0) is 45.4. The maximum absolute atomic E-state index is 13.3. The number of nitrogens with zero attached hydrogens (tertiary/aromatic N) is 4. The van der Waals surface area contributed by atoms with Crippen LogP contribution in [-0.2, 0) is 19.2 Å². The van der Waals surface area contributed by atoms with Crippen molar-refractivity contribution < 1.29 is 28.8 Å². The van der Waals surface area contributed by atoms with Crippen molar-refractivity contribution in [2.24, 2.45) is 20.5 Å². The van der Waals surface area contributed by atoms with E-state index in [0.717, 1.165) is 13.8 Å². The standard InChI is InChI=1S/C40H26Cl8N8O6/c1-17(57)33(55-53-23-13-19(11-21(41)15-23)37(59)51-35-25(43)5-3-6-26(35)44)39(61)49-29-9-10-30(32(48)31(29)47)50-40(62)34(18(2)58)56-54-24-14-20(12-22(42)16-24)38(60)52-36-27(45)7-4-8-28(36)46/h3-16,33-34H,1-2H3,(H,49,61)(H,50,62)(H,51,59)(H,52,60). The van der Waals surface area contributed by atoms with Crippen LogP contribution in [0.4, 0.5) is 34.1 Å². The molecule has 0 heterocycles. The number of amides is 4.